The average molecular weight is 330 g/mol. The molecule has 0 spiro atoms. The van der Waals surface area contributed by atoms with Crippen molar-refractivity contribution in [1.82, 2.24) is 0 Å². The monoisotopic (exact) mass is 330 g/mol. The molecule has 0 aliphatic heterocycles. The maximum atomic E-state index is 13.2. The topological polar surface area (TPSA) is 43.4 Å². The zero-order valence-electron chi connectivity index (χ0n) is 13.1. The minimum Gasteiger partial charge on any atom is -0.451 e. The van der Waals surface area contributed by atoms with Crippen LogP contribution in [-0.4, -0.2) is 17.9 Å². The van der Waals surface area contributed by atoms with Gasteiger partial charge >= 0.3 is 5.97 Å². The molecule has 2 aromatic rings. The number of Topliss-reactive ketones (excluding diaryl/α,β-unsaturated/α-hetero) is 1. The van der Waals surface area contributed by atoms with Crippen molar-refractivity contribution in [1.29, 1.82) is 0 Å². The molecule has 0 amide bonds. The lowest BCUT2D eigenvalue weighted by Gasteiger charge is -2.13. The number of hydrogen-bond acceptors (Lipinski definition) is 3. The van der Waals surface area contributed by atoms with Crippen molar-refractivity contribution in [2.24, 2.45) is 0 Å². The summed E-state index contributed by atoms with van der Waals surface area (Å²) in [5.74, 6) is -3.02. The number of benzene rings is 2. The van der Waals surface area contributed by atoms with Gasteiger partial charge in [-0.2, -0.15) is 0 Å². The van der Waals surface area contributed by atoms with E-state index in [2.05, 4.69) is 0 Å². The van der Waals surface area contributed by atoms with Gasteiger partial charge in [-0.05, 0) is 55.5 Å². The van der Waals surface area contributed by atoms with E-state index in [9.17, 15) is 18.4 Å². The van der Waals surface area contributed by atoms with E-state index in [1.165, 1.54) is 12.5 Å². The smallest absolute Gasteiger partial charge is 0.339 e. The maximum absolute atomic E-state index is 13.2. The van der Waals surface area contributed by atoms with Crippen LogP contribution in [-0.2, 0) is 17.6 Å². The highest BCUT2D eigenvalue weighted by molar-refractivity contribution is 6.01. The fourth-order valence-electron chi connectivity index (χ4n) is 2.91. The first-order valence-corrected chi connectivity index (χ1v) is 7.77. The van der Waals surface area contributed by atoms with Gasteiger partial charge in [0.05, 0.1) is 5.56 Å². The van der Waals surface area contributed by atoms with Gasteiger partial charge in [-0.25, -0.2) is 13.6 Å². The second-order valence-corrected chi connectivity index (χ2v) is 5.91. The van der Waals surface area contributed by atoms with E-state index < -0.39 is 23.7 Å². The van der Waals surface area contributed by atoms with Crippen LogP contribution in [0.25, 0.3) is 0 Å². The number of carbonyl (C=O) groups is 2. The number of carbonyl (C=O) groups excluding carboxylic acids is 2. The fourth-order valence-corrected chi connectivity index (χ4v) is 2.91. The summed E-state index contributed by atoms with van der Waals surface area (Å²) in [6, 6.07) is 7.88. The van der Waals surface area contributed by atoms with Gasteiger partial charge in [0.15, 0.2) is 6.10 Å². The van der Waals surface area contributed by atoms with Gasteiger partial charge in [0.1, 0.15) is 11.6 Å². The van der Waals surface area contributed by atoms with Crippen molar-refractivity contribution < 1.29 is 23.1 Å². The van der Waals surface area contributed by atoms with E-state index >= 15 is 0 Å². The summed E-state index contributed by atoms with van der Waals surface area (Å²) in [7, 11) is 0. The number of fused-ring (bicyclic) bond motifs is 1. The Morgan fingerprint density at radius 3 is 2.33 bits per heavy atom. The Kier molecular flexibility index (Phi) is 4.42. The van der Waals surface area contributed by atoms with Gasteiger partial charge < -0.3 is 4.74 Å². The van der Waals surface area contributed by atoms with Crippen LogP contribution >= 0.6 is 0 Å². The molecule has 1 atom stereocenters. The first-order valence-electron chi connectivity index (χ1n) is 7.77. The van der Waals surface area contributed by atoms with Crippen LogP contribution in [0.2, 0.25) is 0 Å². The Bertz CT molecular complexity index is 794. The van der Waals surface area contributed by atoms with Gasteiger partial charge in [0.2, 0.25) is 5.78 Å². The molecule has 0 heterocycles. The molecule has 0 N–H and O–H groups in total. The average Bonchev–Trinajstić information content (AvgIpc) is 3.00. The number of rotatable bonds is 4. The molecular formula is C19H16F2O3. The largest absolute Gasteiger partial charge is 0.451 e. The Morgan fingerprint density at radius 2 is 1.62 bits per heavy atom. The van der Waals surface area contributed by atoms with Crippen LogP contribution in [0.4, 0.5) is 8.78 Å². The fraction of sp³-hybridized carbons (Fsp3) is 0.263. The molecular weight excluding hydrogens is 314 g/mol. The molecule has 2 aromatic carbocycles. The standard InChI is InChI=1S/C19H16F2O3/c1-11(24-19(23)15-8-16(20)10-17(21)9-15)18(22)14-6-5-12-3-2-4-13(12)7-14/h5-11H,2-4H2,1H3/t11-/m1/s1. The lowest BCUT2D eigenvalue weighted by Crippen LogP contribution is -2.24. The van der Waals surface area contributed by atoms with Crippen LogP contribution in [0.15, 0.2) is 36.4 Å². The summed E-state index contributed by atoms with van der Waals surface area (Å²) in [5, 5.41) is 0. The van der Waals surface area contributed by atoms with Crippen molar-refractivity contribution in [3.8, 4) is 0 Å². The summed E-state index contributed by atoms with van der Waals surface area (Å²) in [5.41, 5.74) is 2.60. The van der Waals surface area contributed by atoms with Crippen molar-refractivity contribution in [3.63, 3.8) is 0 Å². The summed E-state index contributed by atoms with van der Waals surface area (Å²) in [6.45, 7) is 1.45. The third-order valence-corrected chi connectivity index (χ3v) is 4.13. The number of ketones is 1. The molecule has 0 radical (unpaired) electrons. The molecule has 3 nitrogen and oxygen atoms in total. The van der Waals surface area contributed by atoms with Gasteiger partial charge in [0, 0.05) is 11.6 Å². The minimum absolute atomic E-state index is 0.263. The predicted molar refractivity (Wildman–Crippen MR) is 84.0 cm³/mol. The SMILES string of the molecule is C[C@@H](OC(=O)c1cc(F)cc(F)c1)C(=O)c1ccc2c(c1)CCC2. The van der Waals surface area contributed by atoms with Crippen molar-refractivity contribution in [2.75, 3.05) is 0 Å². The third kappa shape index (κ3) is 3.35. The van der Waals surface area contributed by atoms with E-state index in [1.54, 1.807) is 6.07 Å². The second-order valence-electron chi connectivity index (χ2n) is 5.91. The van der Waals surface area contributed by atoms with Crippen LogP contribution in [0.3, 0.4) is 0 Å². The lowest BCUT2D eigenvalue weighted by molar-refractivity contribution is 0.0318. The van der Waals surface area contributed by atoms with Gasteiger partial charge in [-0.15, -0.1) is 0 Å². The highest BCUT2D eigenvalue weighted by atomic mass is 19.1. The highest BCUT2D eigenvalue weighted by Gasteiger charge is 2.22. The first-order chi connectivity index (χ1) is 11.4. The van der Waals surface area contributed by atoms with Crippen LogP contribution in [0, 0.1) is 11.6 Å². The number of ether oxygens (including phenoxy) is 1. The van der Waals surface area contributed by atoms with Crippen molar-refractivity contribution in [3.05, 3.63) is 70.3 Å². The Hall–Kier alpha value is -2.56. The zero-order chi connectivity index (χ0) is 17.3. The molecule has 0 saturated heterocycles. The predicted octanol–water partition coefficient (Wildman–Crippen LogP) is 3.88. The summed E-state index contributed by atoms with van der Waals surface area (Å²) in [6.07, 6.45) is 1.98. The van der Waals surface area contributed by atoms with Gasteiger partial charge in [0.25, 0.3) is 0 Å². The molecule has 24 heavy (non-hydrogen) atoms. The quantitative estimate of drug-likeness (QED) is 0.631. The number of aryl methyl sites for hydroxylation is 2. The van der Waals surface area contributed by atoms with E-state index in [0.29, 0.717) is 11.6 Å². The summed E-state index contributed by atoms with van der Waals surface area (Å²) < 4.78 is 31.4. The van der Waals surface area contributed by atoms with Crippen LogP contribution in [0.1, 0.15) is 45.2 Å². The normalized spacial score (nSPS) is 14.1. The first kappa shape index (κ1) is 16.3. The second kappa shape index (κ2) is 6.51. The van der Waals surface area contributed by atoms with Gasteiger partial charge in [-0.1, -0.05) is 12.1 Å². The maximum Gasteiger partial charge on any atom is 0.339 e. The molecule has 0 saturated carbocycles. The molecule has 0 fully saturated rings. The van der Waals surface area contributed by atoms with Crippen LogP contribution < -0.4 is 0 Å². The van der Waals surface area contributed by atoms with E-state index in [1.807, 2.05) is 12.1 Å². The zero-order valence-corrected chi connectivity index (χ0v) is 13.1. The summed E-state index contributed by atoms with van der Waals surface area (Å²) >= 11 is 0. The minimum atomic E-state index is -1.04. The molecule has 1 aliphatic carbocycles. The summed E-state index contributed by atoms with van der Waals surface area (Å²) in [4.78, 5) is 24.4. The number of hydrogen-bond donors (Lipinski definition) is 0. The molecule has 5 heteroatoms. The lowest BCUT2D eigenvalue weighted by atomic mass is 10.0. The molecule has 1 aliphatic rings. The Balaban J connectivity index is 1.73. The van der Waals surface area contributed by atoms with E-state index in [0.717, 1.165) is 37.0 Å². The Morgan fingerprint density at radius 1 is 0.958 bits per heavy atom. The molecule has 0 bridgehead atoms. The van der Waals surface area contributed by atoms with Crippen molar-refractivity contribution >= 4 is 11.8 Å². The number of esters is 1. The molecule has 3 rings (SSSR count). The molecule has 124 valence electrons. The molecule has 0 unspecified atom stereocenters. The highest BCUT2D eigenvalue weighted by Crippen LogP contribution is 2.23. The molecule has 0 aromatic heterocycles. The Labute approximate surface area is 138 Å². The third-order valence-electron chi connectivity index (χ3n) is 4.13. The van der Waals surface area contributed by atoms with Crippen LogP contribution in [0.5, 0.6) is 0 Å². The van der Waals surface area contributed by atoms with E-state index in [-0.39, 0.29) is 11.3 Å². The van der Waals surface area contributed by atoms with E-state index in [4.69, 9.17) is 4.74 Å². The van der Waals surface area contributed by atoms with Crippen molar-refractivity contribution in [2.45, 2.75) is 32.3 Å². The number of halogens is 2. The van der Waals surface area contributed by atoms with Gasteiger partial charge in [-0.3, -0.25) is 4.79 Å².